The van der Waals surface area contributed by atoms with Gasteiger partial charge in [0.1, 0.15) is 0 Å². The van der Waals surface area contributed by atoms with Crippen molar-refractivity contribution in [1.82, 2.24) is 5.32 Å². The van der Waals surface area contributed by atoms with Crippen molar-refractivity contribution in [2.24, 2.45) is 0 Å². The van der Waals surface area contributed by atoms with Gasteiger partial charge in [-0.25, -0.2) is 0 Å². The lowest BCUT2D eigenvalue weighted by Crippen LogP contribution is -2.40. The Hall–Kier alpha value is -0.570. The number of nitrogens with one attached hydrogen (secondary N) is 1. The lowest BCUT2D eigenvalue weighted by Gasteiger charge is -2.23. The average Bonchev–Trinajstić information content (AvgIpc) is 2.59. The third-order valence-electron chi connectivity index (χ3n) is 3.18. The van der Waals surface area contributed by atoms with Crippen LogP contribution in [0.4, 0.5) is 0 Å². The maximum Gasteiger partial charge on any atom is 0.0943 e. The largest absolute Gasteiger partial charge is 0.387 e. The van der Waals surface area contributed by atoms with Crippen LogP contribution in [0.3, 0.4) is 0 Å². The number of aliphatic hydroxyl groups excluding tert-OH is 1. The Morgan fingerprint density at radius 1 is 1.31 bits per heavy atom. The van der Waals surface area contributed by atoms with E-state index in [9.17, 15) is 5.11 Å². The number of benzene rings is 1. The Morgan fingerprint density at radius 2 is 1.94 bits per heavy atom. The topological polar surface area (TPSA) is 32.3 Å². The van der Waals surface area contributed by atoms with Crippen molar-refractivity contribution >= 4 is 12.4 Å². The van der Waals surface area contributed by atoms with Crippen molar-refractivity contribution in [3.05, 3.63) is 35.9 Å². The number of halogens is 1. The summed E-state index contributed by atoms with van der Waals surface area (Å²) in [6, 6.07) is 10.1. The second kappa shape index (κ2) is 5.17. The van der Waals surface area contributed by atoms with Gasteiger partial charge in [0, 0.05) is 11.6 Å². The van der Waals surface area contributed by atoms with Crippen LogP contribution in [0.5, 0.6) is 0 Å². The van der Waals surface area contributed by atoms with Gasteiger partial charge in [-0.3, -0.25) is 0 Å². The molecule has 0 radical (unpaired) electrons. The molecule has 90 valence electrons. The van der Waals surface area contributed by atoms with E-state index in [1.54, 1.807) is 0 Å². The lowest BCUT2D eigenvalue weighted by atomic mass is 10.0. The van der Waals surface area contributed by atoms with Crippen molar-refractivity contribution in [2.45, 2.75) is 44.4 Å². The van der Waals surface area contributed by atoms with Crippen molar-refractivity contribution in [1.29, 1.82) is 0 Å². The summed E-state index contributed by atoms with van der Waals surface area (Å²) in [4.78, 5) is 0. The molecule has 1 aliphatic rings. The summed E-state index contributed by atoms with van der Waals surface area (Å²) in [5, 5.41) is 13.7. The molecule has 0 bridgehead atoms. The fraction of sp³-hybridized carbons (Fsp3) is 0.538. The minimum absolute atomic E-state index is 0. The molecule has 3 heteroatoms. The van der Waals surface area contributed by atoms with Gasteiger partial charge in [-0.1, -0.05) is 30.3 Å². The molecule has 1 heterocycles. The van der Waals surface area contributed by atoms with Crippen LogP contribution in [0, 0.1) is 0 Å². The highest BCUT2D eigenvalue weighted by Crippen LogP contribution is 2.29. The summed E-state index contributed by atoms with van der Waals surface area (Å²) in [5.74, 6) is 0. The van der Waals surface area contributed by atoms with E-state index in [-0.39, 0.29) is 30.1 Å². The highest BCUT2D eigenvalue weighted by molar-refractivity contribution is 5.85. The first-order chi connectivity index (χ1) is 7.08. The predicted molar refractivity (Wildman–Crippen MR) is 68.9 cm³/mol. The molecule has 16 heavy (non-hydrogen) atoms. The standard InChI is InChI=1S/C13H19NO.ClH/c1-13(2)9-8-11(14-13)12(15)10-6-4-3-5-7-10;/h3-7,11-12,14-15H,8-9H2,1-2H3;1H. The van der Waals surface area contributed by atoms with Crippen molar-refractivity contribution in [3.63, 3.8) is 0 Å². The summed E-state index contributed by atoms with van der Waals surface area (Å²) < 4.78 is 0. The molecule has 2 N–H and O–H groups in total. The summed E-state index contributed by atoms with van der Waals surface area (Å²) >= 11 is 0. The first kappa shape index (κ1) is 13.5. The molecule has 1 saturated heterocycles. The molecule has 1 aromatic carbocycles. The summed E-state index contributed by atoms with van der Waals surface area (Å²) in [6.07, 6.45) is 1.79. The average molecular weight is 242 g/mol. The van der Waals surface area contributed by atoms with Crippen LogP contribution >= 0.6 is 12.4 Å². The van der Waals surface area contributed by atoms with Gasteiger partial charge in [-0.2, -0.15) is 0 Å². The summed E-state index contributed by atoms with van der Waals surface area (Å²) in [5.41, 5.74) is 1.17. The Balaban J connectivity index is 0.00000128. The smallest absolute Gasteiger partial charge is 0.0943 e. The van der Waals surface area contributed by atoms with Gasteiger partial charge in [0.05, 0.1) is 6.10 Å². The molecule has 2 atom stereocenters. The van der Waals surface area contributed by atoms with E-state index in [2.05, 4.69) is 19.2 Å². The van der Waals surface area contributed by atoms with E-state index >= 15 is 0 Å². The van der Waals surface area contributed by atoms with Crippen molar-refractivity contribution in [3.8, 4) is 0 Å². The van der Waals surface area contributed by atoms with Crippen LogP contribution in [0.1, 0.15) is 38.4 Å². The first-order valence-electron chi connectivity index (χ1n) is 5.59. The van der Waals surface area contributed by atoms with Crippen LogP contribution in [-0.2, 0) is 0 Å². The molecule has 2 rings (SSSR count). The summed E-state index contributed by atoms with van der Waals surface area (Å²) in [6.45, 7) is 4.37. The molecule has 0 aliphatic carbocycles. The monoisotopic (exact) mass is 241 g/mol. The minimum atomic E-state index is -0.382. The zero-order valence-corrected chi connectivity index (χ0v) is 10.6. The molecule has 0 spiro atoms. The van der Waals surface area contributed by atoms with E-state index < -0.39 is 0 Å². The number of hydrogen-bond acceptors (Lipinski definition) is 2. The highest BCUT2D eigenvalue weighted by atomic mass is 35.5. The highest BCUT2D eigenvalue weighted by Gasteiger charge is 2.34. The Kier molecular flexibility index (Phi) is 4.36. The zero-order chi connectivity index (χ0) is 10.9. The second-order valence-corrected chi connectivity index (χ2v) is 5.03. The molecular formula is C13H20ClNO. The molecular weight excluding hydrogens is 222 g/mol. The third kappa shape index (κ3) is 2.97. The molecule has 1 fully saturated rings. The lowest BCUT2D eigenvalue weighted by molar-refractivity contribution is 0.131. The Labute approximate surface area is 103 Å². The SMILES string of the molecule is CC1(C)CCC(C(O)c2ccccc2)N1.Cl. The van der Waals surface area contributed by atoms with E-state index in [1.165, 1.54) is 0 Å². The maximum atomic E-state index is 10.2. The molecule has 0 aromatic heterocycles. The van der Waals surface area contributed by atoms with Crippen LogP contribution in [-0.4, -0.2) is 16.7 Å². The first-order valence-corrected chi connectivity index (χ1v) is 5.59. The van der Waals surface area contributed by atoms with Gasteiger partial charge < -0.3 is 10.4 Å². The zero-order valence-electron chi connectivity index (χ0n) is 9.81. The number of aliphatic hydroxyl groups is 1. The van der Waals surface area contributed by atoms with E-state index in [0.29, 0.717) is 0 Å². The quantitative estimate of drug-likeness (QED) is 0.835. The van der Waals surface area contributed by atoms with E-state index in [1.807, 2.05) is 30.3 Å². The van der Waals surface area contributed by atoms with Gasteiger partial charge >= 0.3 is 0 Å². The normalized spacial score (nSPS) is 24.8. The van der Waals surface area contributed by atoms with Crippen LogP contribution < -0.4 is 5.32 Å². The Bertz CT molecular complexity index is 326. The number of hydrogen-bond donors (Lipinski definition) is 2. The van der Waals surface area contributed by atoms with Crippen LogP contribution in [0.15, 0.2) is 30.3 Å². The van der Waals surface area contributed by atoms with Crippen LogP contribution in [0.2, 0.25) is 0 Å². The molecule has 0 amide bonds. The van der Waals surface area contributed by atoms with E-state index in [0.717, 1.165) is 18.4 Å². The van der Waals surface area contributed by atoms with E-state index in [4.69, 9.17) is 0 Å². The molecule has 2 nitrogen and oxygen atoms in total. The van der Waals surface area contributed by atoms with Crippen molar-refractivity contribution in [2.75, 3.05) is 0 Å². The number of rotatable bonds is 2. The van der Waals surface area contributed by atoms with Gasteiger partial charge in [0.15, 0.2) is 0 Å². The van der Waals surface area contributed by atoms with Gasteiger partial charge in [0.25, 0.3) is 0 Å². The minimum Gasteiger partial charge on any atom is -0.387 e. The Morgan fingerprint density at radius 3 is 2.44 bits per heavy atom. The summed E-state index contributed by atoms with van der Waals surface area (Å²) in [7, 11) is 0. The molecule has 1 aromatic rings. The fourth-order valence-corrected chi connectivity index (χ4v) is 2.28. The molecule has 0 saturated carbocycles. The van der Waals surface area contributed by atoms with Crippen molar-refractivity contribution < 1.29 is 5.11 Å². The van der Waals surface area contributed by atoms with Gasteiger partial charge in [-0.15, -0.1) is 12.4 Å². The molecule has 2 unspecified atom stereocenters. The van der Waals surface area contributed by atoms with Gasteiger partial charge in [0.2, 0.25) is 0 Å². The third-order valence-corrected chi connectivity index (χ3v) is 3.18. The molecule has 1 aliphatic heterocycles. The maximum absolute atomic E-state index is 10.2. The fourth-order valence-electron chi connectivity index (χ4n) is 2.28. The second-order valence-electron chi connectivity index (χ2n) is 5.03. The van der Waals surface area contributed by atoms with Crippen LogP contribution in [0.25, 0.3) is 0 Å². The predicted octanol–water partition coefficient (Wildman–Crippen LogP) is 2.67. The van der Waals surface area contributed by atoms with Gasteiger partial charge in [-0.05, 0) is 32.3 Å².